The first-order valence-electron chi connectivity index (χ1n) is 7.04. The smallest absolute Gasteiger partial charge is 0.231 e. The molecule has 1 heterocycles. The van der Waals surface area contributed by atoms with E-state index in [0.29, 0.717) is 23.9 Å². The maximum atomic E-state index is 11.0. The SMILES string of the molecule is CCC1CC(NCC(C)(C)C)CN(CC(N)=O)C1. The van der Waals surface area contributed by atoms with Crippen molar-refractivity contribution in [2.75, 3.05) is 26.2 Å². The number of amides is 1. The third-order valence-corrected chi connectivity index (χ3v) is 3.49. The average Bonchev–Trinajstić information content (AvgIpc) is 2.24. The lowest BCUT2D eigenvalue weighted by molar-refractivity contribution is -0.119. The van der Waals surface area contributed by atoms with Gasteiger partial charge in [-0.3, -0.25) is 9.69 Å². The van der Waals surface area contributed by atoms with Gasteiger partial charge >= 0.3 is 0 Å². The Morgan fingerprint density at radius 2 is 2.06 bits per heavy atom. The maximum Gasteiger partial charge on any atom is 0.231 e. The number of piperidine rings is 1. The number of hydrogen-bond acceptors (Lipinski definition) is 3. The number of hydrogen-bond donors (Lipinski definition) is 2. The van der Waals surface area contributed by atoms with Gasteiger partial charge in [-0.2, -0.15) is 0 Å². The van der Waals surface area contributed by atoms with E-state index in [-0.39, 0.29) is 5.91 Å². The van der Waals surface area contributed by atoms with Gasteiger partial charge in [0.2, 0.25) is 5.91 Å². The van der Waals surface area contributed by atoms with Crippen LogP contribution in [0.3, 0.4) is 0 Å². The van der Waals surface area contributed by atoms with E-state index in [1.165, 1.54) is 12.8 Å². The first-order valence-corrected chi connectivity index (χ1v) is 7.04. The summed E-state index contributed by atoms with van der Waals surface area (Å²) in [5, 5.41) is 3.64. The van der Waals surface area contributed by atoms with Gasteiger partial charge in [0.05, 0.1) is 6.54 Å². The topological polar surface area (TPSA) is 58.4 Å². The summed E-state index contributed by atoms with van der Waals surface area (Å²) in [5.74, 6) is 0.455. The molecule has 0 bridgehead atoms. The number of carbonyl (C=O) groups excluding carboxylic acids is 1. The van der Waals surface area contributed by atoms with Crippen molar-refractivity contribution in [3.63, 3.8) is 0 Å². The molecule has 0 aromatic rings. The molecule has 0 saturated carbocycles. The van der Waals surface area contributed by atoms with Crippen molar-refractivity contribution < 1.29 is 4.79 Å². The van der Waals surface area contributed by atoms with Gasteiger partial charge in [0.1, 0.15) is 0 Å². The summed E-state index contributed by atoms with van der Waals surface area (Å²) in [7, 11) is 0. The van der Waals surface area contributed by atoms with Gasteiger partial charge in [0.15, 0.2) is 0 Å². The molecule has 0 spiro atoms. The van der Waals surface area contributed by atoms with Gasteiger partial charge in [-0.15, -0.1) is 0 Å². The van der Waals surface area contributed by atoms with E-state index < -0.39 is 0 Å². The zero-order valence-electron chi connectivity index (χ0n) is 12.3. The number of rotatable bonds is 5. The average molecular weight is 255 g/mol. The maximum absolute atomic E-state index is 11.0. The minimum absolute atomic E-state index is 0.221. The van der Waals surface area contributed by atoms with Gasteiger partial charge < -0.3 is 11.1 Å². The van der Waals surface area contributed by atoms with Crippen LogP contribution in [-0.4, -0.2) is 43.0 Å². The summed E-state index contributed by atoms with van der Waals surface area (Å²) in [6, 6.07) is 0.488. The Kier molecular flexibility index (Phi) is 5.60. The fourth-order valence-corrected chi connectivity index (χ4v) is 2.55. The van der Waals surface area contributed by atoms with Gasteiger partial charge in [-0.25, -0.2) is 0 Å². The number of primary amides is 1. The zero-order chi connectivity index (χ0) is 13.8. The molecule has 106 valence electrons. The Balaban J connectivity index is 2.48. The Morgan fingerprint density at radius 3 is 2.56 bits per heavy atom. The van der Waals surface area contributed by atoms with E-state index in [4.69, 9.17) is 5.73 Å². The summed E-state index contributed by atoms with van der Waals surface area (Å²) < 4.78 is 0. The standard InChI is InChI=1S/C14H29N3O/c1-5-11-6-12(16-10-14(2,3)4)8-17(7-11)9-13(15)18/h11-12,16H,5-10H2,1-4H3,(H2,15,18). The fourth-order valence-electron chi connectivity index (χ4n) is 2.55. The van der Waals surface area contributed by atoms with E-state index in [1.807, 2.05) is 0 Å². The number of likely N-dealkylation sites (tertiary alicyclic amines) is 1. The molecule has 1 saturated heterocycles. The lowest BCUT2D eigenvalue weighted by atomic mass is 9.90. The summed E-state index contributed by atoms with van der Waals surface area (Å²) in [6.07, 6.45) is 2.38. The highest BCUT2D eigenvalue weighted by molar-refractivity contribution is 5.75. The molecule has 0 radical (unpaired) electrons. The summed E-state index contributed by atoms with van der Waals surface area (Å²) in [4.78, 5) is 13.2. The molecule has 4 nitrogen and oxygen atoms in total. The van der Waals surface area contributed by atoms with Gasteiger partial charge in [0, 0.05) is 25.7 Å². The third kappa shape index (κ3) is 5.83. The molecule has 1 aliphatic heterocycles. The van der Waals surface area contributed by atoms with Crippen LogP contribution in [0, 0.1) is 11.3 Å². The predicted octanol–water partition coefficient (Wildman–Crippen LogP) is 1.21. The van der Waals surface area contributed by atoms with Crippen LogP contribution in [0.15, 0.2) is 0 Å². The summed E-state index contributed by atoms with van der Waals surface area (Å²) in [6.45, 7) is 12.3. The molecule has 1 rings (SSSR count). The Bertz CT molecular complexity index is 273. The lowest BCUT2D eigenvalue weighted by Gasteiger charge is -2.38. The predicted molar refractivity (Wildman–Crippen MR) is 75.3 cm³/mol. The summed E-state index contributed by atoms with van der Waals surface area (Å²) in [5.41, 5.74) is 5.60. The van der Waals surface area contributed by atoms with E-state index in [9.17, 15) is 4.79 Å². The van der Waals surface area contributed by atoms with Crippen molar-refractivity contribution in [1.82, 2.24) is 10.2 Å². The van der Waals surface area contributed by atoms with Crippen molar-refractivity contribution in [3.8, 4) is 0 Å². The highest BCUT2D eigenvalue weighted by atomic mass is 16.1. The van der Waals surface area contributed by atoms with E-state index in [0.717, 1.165) is 19.6 Å². The van der Waals surface area contributed by atoms with E-state index in [1.54, 1.807) is 0 Å². The highest BCUT2D eigenvalue weighted by Gasteiger charge is 2.27. The number of nitrogens with two attached hydrogens (primary N) is 1. The largest absolute Gasteiger partial charge is 0.369 e. The van der Waals surface area contributed by atoms with Crippen LogP contribution in [0.25, 0.3) is 0 Å². The van der Waals surface area contributed by atoms with Crippen LogP contribution in [0.1, 0.15) is 40.5 Å². The van der Waals surface area contributed by atoms with Crippen LogP contribution < -0.4 is 11.1 Å². The molecule has 0 aromatic heterocycles. The van der Waals surface area contributed by atoms with E-state index in [2.05, 4.69) is 37.9 Å². The first kappa shape index (κ1) is 15.4. The van der Waals surface area contributed by atoms with Crippen molar-refractivity contribution in [3.05, 3.63) is 0 Å². The van der Waals surface area contributed by atoms with Crippen LogP contribution in [0.4, 0.5) is 0 Å². The number of carbonyl (C=O) groups is 1. The Labute approximate surface area is 111 Å². The molecule has 1 fully saturated rings. The molecule has 4 heteroatoms. The monoisotopic (exact) mass is 255 g/mol. The summed E-state index contributed by atoms with van der Waals surface area (Å²) >= 11 is 0. The second-order valence-corrected chi connectivity index (χ2v) is 6.81. The normalized spacial score (nSPS) is 26.2. The van der Waals surface area contributed by atoms with E-state index >= 15 is 0 Å². The highest BCUT2D eigenvalue weighted by Crippen LogP contribution is 2.20. The Hall–Kier alpha value is -0.610. The quantitative estimate of drug-likeness (QED) is 0.776. The van der Waals surface area contributed by atoms with Crippen molar-refractivity contribution >= 4 is 5.91 Å². The van der Waals surface area contributed by atoms with Crippen molar-refractivity contribution in [1.29, 1.82) is 0 Å². The molecular weight excluding hydrogens is 226 g/mol. The third-order valence-electron chi connectivity index (χ3n) is 3.49. The second-order valence-electron chi connectivity index (χ2n) is 6.81. The van der Waals surface area contributed by atoms with Crippen LogP contribution in [0.5, 0.6) is 0 Å². The molecule has 0 aromatic carbocycles. The van der Waals surface area contributed by atoms with Gasteiger partial charge in [-0.1, -0.05) is 34.1 Å². The molecule has 0 aliphatic carbocycles. The number of nitrogens with one attached hydrogen (secondary N) is 1. The molecule has 2 unspecified atom stereocenters. The minimum atomic E-state index is -0.221. The second kappa shape index (κ2) is 6.53. The molecule has 3 N–H and O–H groups in total. The molecule has 1 amide bonds. The van der Waals surface area contributed by atoms with Crippen LogP contribution in [-0.2, 0) is 4.79 Å². The Morgan fingerprint density at radius 1 is 1.39 bits per heavy atom. The molecule has 18 heavy (non-hydrogen) atoms. The fraction of sp³-hybridized carbons (Fsp3) is 0.929. The van der Waals surface area contributed by atoms with Crippen LogP contribution >= 0.6 is 0 Å². The zero-order valence-corrected chi connectivity index (χ0v) is 12.3. The molecule has 2 atom stereocenters. The molecular formula is C14H29N3O. The van der Waals surface area contributed by atoms with Gasteiger partial charge in [-0.05, 0) is 17.8 Å². The molecule has 1 aliphatic rings. The minimum Gasteiger partial charge on any atom is -0.369 e. The van der Waals surface area contributed by atoms with Gasteiger partial charge in [0.25, 0.3) is 0 Å². The number of nitrogens with zero attached hydrogens (tertiary/aromatic N) is 1. The van der Waals surface area contributed by atoms with Crippen molar-refractivity contribution in [2.45, 2.75) is 46.6 Å². The van der Waals surface area contributed by atoms with Crippen LogP contribution in [0.2, 0.25) is 0 Å². The first-order chi connectivity index (χ1) is 8.30. The van der Waals surface area contributed by atoms with Crippen molar-refractivity contribution in [2.24, 2.45) is 17.1 Å². The lowest BCUT2D eigenvalue weighted by Crippen LogP contribution is -2.52.